The number of hydrogen-bond acceptors (Lipinski definition) is 3. The van der Waals surface area contributed by atoms with Gasteiger partial charge in [-0.3, -0.25) is 4.79 Å². The van der Waals surface area contributed by atoms with Crippen molar-refractivity contribution in [1.29, 1.82) is 0 Å². The van der Waals surface area contributed by atoms with Gasteiger partial charge in [0.25, 0.3) is 0 Å². The second kappa shape index (κ2) is 7.08. The van der Waals surface area contributed by atoms with Crippen LogP contribution in [0, 0.1) is 11.3 Å². The van der Waals surface area contributed by atoms with Crippen LogP contribution in [0.3, 0.4) is 0 Å². The summed E-state index contributed by atoms with van der Waals surface area (Å²) in [6.45, 7) is 8.27. The molecular formula is C18H27NO2. The van der Waals surface area contributed by atoms with E-state index in [9.17, 15) is 4.79 Å². The predicted octanol–water partition coefficient (Wildman–Crippen LogP) is 3.32. The second-order valence-electron chi connectivity index (χ2n) is 7.04. The highest BCUT2D eigenvalue weighted by Crippen LogP contribution is 2.19. The fourth-order valence-corrected chi connectivity index (χ4v) is 2.56. The molecule has 0 bridgehead atoms. The predicted molar refractivity (Wildman–Crippen MR) is 85.0 cm³/mol. The molecule has 0 aromatic heterocycles. The summed E-state index contributed by atoms with van der Waals surface area (Å²) in [5.41, 5.74) is 2.00. The summed E-state index contributed by atoms with van der Waals surface area (Å²) < 4.78 is 5.34. The van der Waals surface area contributed by atoms with Gasteiger partial charge in [0, 0.05) is 0 Å². The van der Waals surface area contributed by atoms with Crippen molar-refractivity contribution in [3.8, 4) is 0 Å². The highest BCUT2D eigenvalue weighted by Gasteiger charge is 2.22. The van der Waals surface area contributed by atoms with Gasteiger partial charge in [-0.15, -0.1) is 0 Å². The van der Waals surface area contributed by atoms with Crippen LogP contribution < -0.4 is 5.32 Å². The Kier molecular flexibility index (Phi) is 5.40. The lowest BCUT2D eigenvalue weighted by Crippen LogP contribution is -2.28. The van der Waals surface area contributed by atoms with Gasteiger partial charge in [0.2, 0.25) is 0 Å². The third kappa shape index (κ3) is 5.16. The van der Waals surface area contributed by atoms with Crippen LogP contribution in [0.15, 0.2) is 24.3 Å². The van der Waals surface area contributed by atoms with Crippen LogP contribution in [0.4, 0.5) is 0 Å². The Morgan fingerprint density at radius 3 is 2.29 bits per heavy atom. The number of piperidine rings is 1. The van der Waals surface area contributed by atoms with Crippen molar-refractivity contribution >= 4 is 5.97 Å². The molecule has 1 heterocycles. The monoisotopic (exact) mass is 289 g/mol. The molecule has 0 radical (unpaired) electrons. The minimum atomic E-state index is -0.436. The molecule has 1 aliphatic heterocycles. The summed E-state index contributed by atoms with van der Waals surface area (Å²) in [5, 5.41) is 3.40. The molecule has 1 fully saturated rings. The number of nitrogens with one attached hydrogen (secondary N) is 1. The van der Waals surface area contributed by atoms with E-state index in [1.54, 1.807) is 0 Å². The first-order valence-corrected chi connectivity index (χ1v) is 7.91. The van der Waals surface area contributed by atoms with Gasteiger partial charge >= 0.3 is 5.97 Å². The van der Waals surface area contributed by atoms with Crippen molar-refractivity contribution in [3.05, 3.63) is 35.4 Å². The molecule has 2 rings (SSSR count). The van der Waals surface area contributed by atoms with E-state index >= 15 is 0 Å². The fraction of sp³-hybridized carbons (Fsp3) is 0.611. The molecule has 1 N–H and O–H groups in total. The minimum absolute atomic E-state index is 0.152. The van der Waals surface area contributed by atoms with E-state index in [-0.39, 0.29) is 5.97 Å². The maximum Gasteiger partial charge on any atom is 0.311 e. The molecule has 116 valence electrons. The van der Waals surface area contributed by atoms with Crippen molar-refractivity contribution in [2.75, 3.05) is 13.1 Å². The average Bonchev–Trinajstić information content (AvgIpc) is 2.46. The van der Waals surface area contributed by atoms with Crippen LogP contribution in [-0.4, -0.2) is 19.1 Å². The Bertz CT molecular complexity index is 453. The Morgan fingerprint density at radius 1 is 1.14 bits per heavy atom. The van der Waals surface area contributed by atoms with Gasteiger partial charge in [-0.2, -0.15) is 0 Å². The fourth-order valence-electron chi connectivity index (χ4n) is 2.56. The minimum Gasteiger partial charge on any atom is -0.460 e. The zero-order chi connectivity index (χ0) is 15.3. The van der Waals surface area contributed by atoms with Crippen molar-refractivity contribution in [1.82, 2.24) is 5.32 Å². The molecule has 1 aromatic rings. The van der Waals surface area contributed by atoms with Gasteiger partial charge in [-0.1, -0.05) is 24.3 Å². The Morgan fingerprint density at radius 2 is 1.71 bits per heavy atom. The van der Waals surface area contributed by atoms with E-state index in [4.69, 9.17) is 4.74 Å². The van der Waals surface area contributed by atoms with Crippen molar-refractivity contribution in [2.24, 2.45) is 11.3 Å². The first kappa shape index (κ1) is 16.0. The molecule has 1 aliphatic rings. The number of rotatable bonds is 4. The van der Waals surface area contributed by atoms with Crippen molar-refractivity contribution in [3.63, 3.8) is 0 Å². The number of benzene rings is 1. The van der Waals surface area contributed by atoms with E-state index < -0.39 is 5.41 Å². The zero-order valence-corrected chi connectivity index (χ0v) is 13.4. The third-order valence-electron chi connectivity index (χ3n) is 3.99. The van der Waals surface area contributed by atoms with Crippen molar-refractivity contribution in [2.45, 2.75) is 46.6 Å². The van der Waals surface area contributed by atoms with Gasteiger partial charge in [0.15, 0.2) is 0 Å². The first-order chi connectivity index (χ1) is 9.95. The van der Waals surface area contributed by atoms with E-state index in [0.717, 1.165) is 31.0 Å². The maximum atomic E-state index is 11.7. The lowest BCUT2D eigenvalue weighted by atomic mass is 9.91. The van der Waals surface area contributed by atoms with Crippen LogP contribution >= 0.6 is 0 Å². The molecule has 0 spiro atoms. The Hall–Kier alpha value is -1.35. The van der Waals surface area contributed by atoms with E-state index in [0.29, 0.717) is 6.61 Å². The molecule has 0 saturated carbocycles. The summed E-state index contributed by atoms with van der Waals surface area (Å²) in [6, 6.07) is 8.49. The van der Waals surface area contributed by atoms with Crippen LogP contribution in [0.25, 0.3) is 0 Å². The maximum absolute atomic E-state index is 11.7. The highest BCUT2D eigenvalue weighted by molar-refractivity contribution is 5.75. The van der Waals surface area contributed by atoms with Gasteiger partial charge in [-0.05, 0) is 70.2 Å². The van der Waals surface area contributed by atoms with E-state index in [1.807, 2.05) is 20.8 Å². The summed E-state index contributed by atoms with van der Waals surface area (Å²) >= 11 is 0. The van der Waals surface area contributed by atoms with Crippen LogP contribution in [-0.2, 0) is 22.6 Å². The van der Waals surface area contributed by atoms with Crippen molar-refractivity contribution < 1.29 is 9.53 Å². The topological polar surface area (TPSA) is 38.3 Å². The number of carbonyl (C=O) groups excluding carboxylic acids is 1. The van der Waals surface area contributed by atoms with Crippen LogP contribution in [0.2, 0.25) is 0 Å². The second-order valence-corrected chi connectivity index (χ2v) is 7.04. The smallest absolute Gasteiger partial charge is 0.311 e. The number of carbonyl (C=O) groups is 1. The van der Waals surface area contributed by atoms with E-state index in [1.165, 1.54) is 18.4 Å². The van der Waals surface area contributed by atoms with Gasteiger partial charge in [0.05, 0.1) is 5.41 Å². The molecule has 1 aromatic carbocycles. The van der Waals surface area contributed by atoms with Crippen LogP contribution in [0.1, 0.15) is 44.7 Å². The SMILES string of the molecule is CC(C)(C)C(=O)OCc1ccc(CC2CCNCC2)cc1. The summed E-state index contributed by atoms with van der Waals surface area (Å²) in [7, 11) is 0. The number of esters is 1. The number of hydrogen-bond donors (Lipinski definition) is 1. The van der Waals surface area contributed by atoms with E-state index in [2.05, 4.69) is 29.6 Å². The summed E-state index contributed by atoms with van der Waals surface area (Å²) in [5.74, 6) is 0.650. The highest BCUT2D eigenvalue weighted by atomic mass is 16.5. The standard InChI is InChI=1S/C18H27NO2/c1-18(2,3)17(20)21-13-16-6-4-14(5-7-16)12-15-8-10-19-11-9-15/h4-7,15,19H,8-13H2,1-3H3. The lowest BCUT2D eigenvalue weighted by Gasteiger charge is -2.22. The molecule has 0 amide bonds. The zero-order valence-electron chi connectivity index (χ0n) is 13.4. The largest absolute Gasteiger partial charge is 0.460 e. The Balaban J connectivity index is 1.82. The number of ether oxygens (including phenoxy) is 1. The van der Waals surface area contributed by atoms with Gasteiger partial charge < -0.3 is 10.1 Å². The Labute approximate surface area is 128 Å². The summed E-state index contributed by atoms with van der Waals surface area (Å²) in [4.78, 5) is 11.7. The van der Waals surface area contributed by atoms with Gasteiger partial charge in [0.1, 0.15) is 6.61 Å². The molecule has 0 unspecified atom stereocenters. The van der Waals surface area contributed by atoms with Crippen LogP contribution in [0.5, 0.6) is 0 Å². The lowest BCUT2D eigenvalue weighted by molar-refractivity contribution is -0.154. The molecule has 3 nitrogen and oxygen atoms in total. The first-order valence-electron chi connectivity index (χ1n) is 7.91. The normalized spacial score (nSPS) is 16.7. The molecule has 0 aliphatic carbocycles. The average molecular weight is 289 g/mol. The molecule has 0 atom stereocenters. The van der Waals surface area contributed by atoms with Gasteiger partial charge in [-0.25, -0.2) is 0 Å². The molecule has 3 heteroatoms. The summed E-state index contributed by atoms with van der Waals surface area (Å²) in [6.07, 6.45) is 3.69. The molecule has 21 heavy (non-hydrogen) atoms. The molecule has 1 saturated heterocycles. The third-order valence-corrected chi connectivity index (χ3v) is 3.99. The quantitative estimate of drug-likeness (QED) is 0.864. The molecular weight excluding hydrogens is 262 g/mol.